The second kappa shape index (κ2) is 7.55. The van der Waals surface area contributed by atoms with Gasteiger partial charge in [-0.05, 0) is 38.9 Å². The molecule has 1 saturated heterocycles. The Hall–Kier alpha value is -0.750. The summed E-state index contributed by atoms with van der Waals surface area (Å²) in [5.41, 5.74) is 0. The molecule has 6 heteroatoms. The highest BCUT2D eigenvalue weighted by Crippen LogP contribution is 2.14. The lowest BCUT2D eigenvalue weighted by molar-refractivity contribution is -0.133. The molecule has 1 rings (SSSR count). The van der Waals surface area contributed by atoms with Gasteiger partial charge in [-0.1, -0.05) is 0 Å². The largest absolute Gasteiger partial charge is 0.481 e. The van der Waals surface area contributed by atoms with E-state index in [2.05, 4.69) is 17.3 Å². The molecule has 1 fully saturated rings. The molecule has 2 N–H and O–H groups in total. The number of piperidine rings is 1. The standard InChI is InChI=1S/C11H20N2O3S/c1-13-4-2-9(3-5-13)6-12-10(14)7-17-8-11(15)16/h9H,2-8H2,1H3,(H,12,14)(H,15,16). The van der Waals surface area contributed by atoms with Crippen LogP contribution in [0.4, 0.5) is 0 Å². The molecule has 1 amide bonds. The molecule has 5 nitrogen and oxygen atoms in total. The van der Waals surface area contributed by atoms with Gasteiger partial charge in [0.1, 0.15) is 0 Å². The van der Waals surface area contributed by atoms with E-state index < -0.39 is 5.97 Å². The number of likely N-dealkylation sites (tertiary alicyclic amines) is 1. The minimum absolute atomic E-state index is 0.0123. The lowest BCUT2D eigenvalue weighted by Crippen LogP contribution is -2.37. The van der Waals surface area contributed by atoms with E-state index in [1.54, 1.807) is 0 Å². The van der Waals surface area contributed by atoms with Crippen LogP contribution in [-0.4, -0.2) is 60.1 Å². The Morgan fingerprint density at radius 2 is 2.00 bits per heavy atom. The number of rotatable bonds is 6. The lowest BCUT2D eigenvalue weighted by Gasteiger charge is -2.28. The first-order chi connectivity index (χ1) is 8.08. The average molecular weight is 260 g/mol. The smallest absolute Gasteiger partial charge is 0.313 e. The fraction of sp³-hybridized carbons (Fsp3) is 0.818. The molecule has 0 aromatic heterocycles. The summed E-state index contributed by atoms with van der Waals surface area (Å²) >= 11 is 1.14. The summed E-state index contributed by atoms with van der Waals surface area (Å²) in [6.07, 6.45) is 2.25. The molecule has 0 bridgehead atoms. The highest BCUT2D eigenvalue weighted by atomic mass is 32.2. The molecule has 0 saturated carbocycles. The average Bonchev–Trinajstić information content (AvgIpc) is 2.28. The highest BCUT2D eigenvalue weighted by molar-refractivity contribution is 8.00. The second-order valence-corrected chi connectivity index (χ2v) is 5.42. The maximum atomic E-state index is 11.4. The van der Waals surface area contributed by atoms with Crippen molar-refractivity contribution in [3.63, 3.8) is 0 Å². The van der Waals surface area contributed by atoms with Crippen molar-refractivity contribution in [3.8, 4) is 0 Å². The van der Waals surface area contributed by atoms with Gasteiger partial charge in [0.15, 0.2) is 0 Å². The van der Waals surface area contributed by atoms with Crippen molar-refractivity contribution in [2.75, 3.05) is 38.2 Å². The van der Waals surface area contributed by atoms with Gasteiger partial charge in [-0.25, -0.2) is 0 Å². The van der Waals surface area contributed by atoms with Gasteiger partial charge in [-0.15, -0.1) is 11.8 Å². The zero-order valence-electron chi connectivity index (χ0n) is 10.1. The van der Waals surface area contributed by atoms with Gasteiger partial charge in [0.25, 0.3) is 0 Å². The number of nitrogens with one attached hydrogen (secondary N) is 1. The van der Waals surface area contributed by atoms with Gasteiger partial charge in [-0.3, -0.25) is 9.59 Å². The van der Waals surface area contributed by atoms with Crippen LogP contribution in [0.1, 0.15) is 12.8 Å². The summed E-state index contributed by atoms with van der Waals surface area (Å²) in [4.78, 5) is 23.9. The fourth-order valence-electron chi connectivity index (χ4n) is 1.81. The molecule has 0 aromatic carbocycles. The van der Waals surface area contributed by atoms with Crippen LogP contribution in [0.25, 0.3) is 0 Å². The molecule has 98 valence electrons. The molecule has 0 radical (unpaired) electrons. The quantitative estimate of drug-likeness (QED) is 0.717. The SMILES string of the molecule is CN1CCC(CNC(=O)CSCC(=O)O)CC1. The van der Waals surface area contributed by atoms with Crippen LogP contribution in [0.5, 0.6) is 0 Å². The van der Waals surface area contributed by atoms with Crippen molar-refractivity contribution in [3.05, 3.63) is 0 Å². The van der Waals surface area contributed by atoms with E-state index in [-0.39, 0.29) is 17.4 Å². The van der Waals surface area contributed by atoms with Gasteiger partial charge in [0.2, 0.25) is 5.91 Å². The Morgan fingerprint density at radius 3 is 2.59 bits per heavy atom. The number of carbonyl (C=O) groups excluding carboxylic acids is 1. The first-order valence-corrected chi connectivity index (χ1v) is 6.98. The molecule has 1 aliphatic heterocycles. The summed E-state index contributed by atoms with van der Waals surface area (Å²) in [7, 11) is 2.11. The molecule has 0 aromatic rings. The summed E-state index contributed by atoms with van der Waals surface area (Å²) in [6.45, 7) is 2.91. The Labute approximate surface area is 106 Å². The second-order valence-electron chi connectivity index (χ2n) is 4.44. The molecule has 1 aliphatic rings. The van der Waals surface area contributed by atoms with Crippen LogP contribution in [0, 0.1) is 5.92 Å². The van der Waals surface area contributed by atoms with Gasteiger partial charge >= 0.3 is 5.97 Å². The molecule has 0 aliphatic carbocycles. The number of nitrogens with zero attached hydrogens (tertiary/aromatic N) is 1. The van der Waals surface area contributed by atoms with Gasteiger partial charge in [0.05, 0.1) is 11.5 Å². The maximum Gasteiger partial charge on any atom is 0.313 e. The predicted octanol–water partition coefficient (Wildman–Crippen LogP) is 0.262. The van der Waals surface area contributed by atoms with Crippen LogP contribution >= 0.6 is 11.8 Å². The molecule has 17 heavy (non-hydrogen) atoms. The maximum absolute atomic E-state index is 11.4. The highest BCUT2D eigenvalue weighted by Gasteiger charge is 2.17. The number of hydrogen-bond donors (Lipinski definition) is 2. The van der Waals surface area contributed by atoms with Crippen LogP contribution in [-0.2, 0) is 9.59 Å². The first kappa shape index (κ1) is 14.3. The van der Waals surface area contributed by atoms with E-state index in [4.69, 9.17) is 5.11 Å². The number of thioether (sulfide) groups is 1. The lowest BCUT2D eigenvalue weighted by atomic mass is 9.97. The monoisotopic (exact) mass is 260 g/mol. The molecular weight excluding hydrogens is 240 g/mol. The van der Waals surface area contributed by atoms with Crippen molar-refractivity contribution >= 4 is 23.6 Å². The van der Waals surface area contributed by atoms with E-state index in [0.29, 0.717) is 5.92 Å². The topological polar surface area (TPSA) is 69.6 Å². The number of hydrogen-bond acceptors (Lipinski definition) is 4. The third kappa shape index (κ3) is 6.53. The number of aliphatic carboxylic acids is 1. The van der Waals surface area contributed by atoms with Crippen LogP contribution in [0.15, 0.2) is 0 Å². The summed E-state index contributed by atoms with van der Waals surface area (Å²) in [5, 5.41) is 11.3. The number of amides is 1. The Morgan fingerprint density at radius 1 is 1.35 bits per heavy atom. The van der Waals surface area contributed by atoms with Gasteiger partial charge in [-0.2, -0.15) is 0 Å². The number of carbonyl (C=O) groups is 2. The minimum atomic E-state index is -0.877. The number of carboxylic acids is 1. The van der Waals surface area contributed by atoms with Crippen molar-refractivity contribution in [1.82, 2.24) is 10.2 Å². The molecule has 0 unspecified atom stereocenters. The van der Waals surface area contributed by atoms with E-state index in [1.807, 2.05) is 0 Å². The van der Waals surface area contributed by atoms with Crippen molar-refractivity contribution in [2.45, 2.75) is 12.8 Å². The third-order valence-corrected chi connectivity index (χ3v) is 3.80. The predicted molar refractivity (Wildman–Crippen MR) is 68.2 cm³/mol. The van der Waals surface area contributed by atoms with Crippen LogP contribution in [0.3, 0.4) is 0 Å². The van der Waals surface area contributed by atoms with E-state index in [0.717, 1.165) is 44.2 Å². The first-order valence-electron chi connectivity index (χ1n) is 5.82. The van der Waals surface area contributed by atoms with Crippen molar-refractivity contribution in [2.24, 2.45) is 5.92 Å². The number of carboxylic acid groups (broad SMARTS) is 1. The fourth-order valence-corrected chi connectivity index (χ4v) is 2.37. The molecule has 1 heterocycles. The zero-order valence-corrected chi connectivity index (χ0v) is 11.0. The van der Waals surface area contributed by atoms with E-state index in [1.165, 1.54) is 0 Å². The van der Waals surface area contributed by atoms with Crippen LogP contribution in [0.2, 0.25) is 0 Å². The van der Waals surface area contributed by atoms with Gasteiger partial charge < -0.3 is 15.3 Å². The van der Waals surface area contributed by atoms with E-state index >= 15 is 0 Å². The van der Waals surface area contributed by atoms with Crippen molar-refractivity contribution < 1.29 is 14.7 Å². The summed E-state index contributed by atoms with van der Waals surface area (Å²) in [6, 6.07) is 0. The Balaban J connectivity index is 2.05. The van der Waals surface area contributed by atoms with E-state index in [9.17, 15) is 9.59 Å². The molecular formula is C11H20N2O3S. The molecule has 0 atom stereocenters. The zero-order chi connectivity index (χ0) is 12.7. The summed E-state index contributed by atoms with van der Waals surface area (Å²) < 4.78 is 0. The third-order valence-electron chi connectivity index (χ3n) is 2.88. The van der Waals surface area contributed by atoms with Crippen molar-refractivity contribution in [1.29, 1.82) is 0 Å². The Kier molecular flexibility index (Phi) is 6.36. The summed E-state index contributed by atoms with van der Waals surface area (Å²) in [5.74, 6) is -0.145. The normalized spacial score (nSPS) is 17.9. The van der Waals surface area contributed by atoms with Crippen LogP contribution < -0.4 is 5.32 Å². The van der Waals surface area contributed by atoms with Gasteiger partial charge in [0, 0.05) is 6.54 Å². The molecule has 0 spiro atoms. The Bertz CT molecular complexity index is 265. The minimum Gasteiger partial charge on any atom is -0.481 e.